The molecule has 0 spiro atoms. The van der Waals surface area contributed by atoms with Gasteiger partial charge in [0.15, 0.2) is 0 Å². The van der Waals surface area contributed by atoms with Crippen LogP contribution in [0.4, 0.5) is 19.3 Å². The van der Waals surface area contributed by atoms with Gasteiger partial charge in [-0.15, -0.1) is 0 Å². The minimum Gasteiger partial charge on any atom is -0.444 e. The lowest BCUT2D eigenvalue weighted by atomic mass is 10.2. The van der Waals surface area contributed by atoms with Crippen molar-refractivity contribution in [3.8, 4) is 0 Å². The van der Waals surface area contributed by atoms with Crippen LogP contribution in [-0.2, 0) is 4.74 Å². The summed E-state index contributed by atoms with van der Waals surface area (Å²) in [7, 11) is 0. The van der Waals surface area contributed by atoms with Crippen molar-refractivity contribution < 1.29 is 18.3 Å². The lowest BCUT2D eigenvalue weighted by molar-refractivity contribution is 0.0635. The summed E-state index contributed by atoms with van der Waals surface area (Å²) in [4.78, 5) is 15.1. The first-order chi connectivity index (χ1) is 8.19. The van der Waals surface area contributed by atoms with Gasteiger partial charge in [0, 0.05) is 5.56 Å². The summed E-state index contributed by atoms with van der Waals surface area (Å²) in [6.45, 7) is 5.00. The highest BCUT2D eigenvalue weighted by Gasteiger charge is 2.20. The molecular weight excluding hydrogens is 266 g/mol. The Bertz CT molecular complexity index is 447. The number of nitrogens with zero attached hydrogens (tertiary/aromatic N) is 1. The number of hydrogen-bond acceptors (Lipinski definition) is 3. The minimum atomic E-state index is -2.77. The molecule has 0 radical (unpaired) electrons. The molecule has 0 aromatic carbocycles. The molecule has 0 fully saturated rings. The molecule has 0 aliphatic heterocycles. The van der Waals surface area contributed by atoms with Gasteiger partial charge in [-0.2, -0.15) is 0 Å². The molecule has 0 aliphatic carbocycles. The third-order valence-electron chi connectivity index (χ3n) is 1.77. The van der Waals surface area contributed by atoms with Crippen molar-refractivity contribution >= 4 is 23.4 Å². The molecule has 0 saturated carbocycles. The van der Waals surface area contributed by atoms with Gasteiger partial charge in [-0.1, -0.05) is 11.6 Å². The Balaban J connectivity index is 2.88. The molecule has 4 nitrogen and oxygen atoms in total. The number of ether oxygens (including phenoxy) is 1. The van der Waals surface area contributed by atoms with Gasteiger partial charge in [-0.05, 0) is 26.8 Å². The Morgan fingerprint density at radius 1 is 1.50 bits per heavy atom. The molecule has 1 aromatic heterocycles. The van der Waals surface area contributed by atoms with E-state index in [1.165, 1.54) is 0 Å². The number of nitrogens with one attached hydrogen (secondary N) is 1. The normalized spacial score (nSPS) is 11.5. The highest BCUT2D eigenvalue weighted by Crippen LogP contribution is 2.28. The second kappa shape index (κ2) is 5.48. The second-order valence-corrected chi connectivity index (χ2v) is 4.91. The molecule has 1 aromatic rings. The summed E-state index contributed by atoms with van der Waals surface area (Å²) in [5, 5.41) is 2.14. The van der Waals surface area contributed by atoms with Crippen molar-refractivity contribution in [2.75, 3.05) is 5.32 Å². The molecular formula is C11H13ClF2N2O2. The van der Waals surface area contributed by atoms with Gasteiger partial charge < -0.3 is 4.74 Å². The third kappa shape index (κ3) is 4.44. The van der Waals surface area contributed by atoms with Crippen LogP contribution in [0.25, 0.3) is 0 Å². The fourth-order valence-corrected chi connectivity index (χ4v) is 1.31. The van der Waals surface area contributed by atoms with E-state index in [0.717, 1.165) is 12.3 Å². The summed E-state index contributed by atoms with van der Waals surface area (Å²) in [6, 6.07) is 0.999. The van der Waals surface area contributed by atoms with Crippen molar-refractivity contribution in [1.29, 1.82) is 0 Å². The van der Waals surface area contributed by atoms with E-state index >= 15 is 0 Å². The first-order valence-electron chi connectivity index (χ1n) is 5.12. The van der Waals surface area contributed by atoms with Gasteiger partial charge in [0.2, 0.25) is 0 Å². The first kappa shape index (κ1) is 14.6. The van der Waals surface area contributed by atoms with E-state index in [-0.39, 0.29) is 10.8 Å². The first-order valence-corrected chi connectivity index (χ1v) is 5.50. The quantitative estimate of drug-likeness (QED) is 0.831. The Morgan fingerprint density at radius 2 is 2.11 bits per heavy atom. The standard InChI is InChI=1S/C11H13ClF2N2O2/c1-11(2,3)18-10(17)16-7-5-15-8(12)4-6(7)9(13)14/h4-5,9H,1-3H3,(H,16,17). The summed E-state index contributed by atoms with van der Waals surface area (Å²) >= 11 is 5.52. The average molecular weight is 279 g/mol. The number of amides is 1. The highest BCUT2D eigenvalue weighted by molar-refractivity contribution is 6.29. The Kier molecular flexibility index (Phi) is 4.45. The fraction of sp³-hybridized carbons (Fsp3) is 0.455. The van der Waals surface area contributed by atoms with Gasteiger partial charge in [-0.3, -0.25) is 5.32 Å². The third-order valence-corrected chi connectivity index (χ3v) is 1.98. The maximum Gasteiger partial charge on any atom is 0.412 e. The maximum absolute atomic E-state index is 12.7. The molecule has 0 unspecified atom stereocenters. The molecule has 7 heteroatoms. The molecule has 1 heterocycles. The number of halogens is 3. The zero-order valence-electron chi connectivity index (χ0n) is 10.1. The van der Waals surface area contributed by atoms with Gasteiger partial charge in [-0.25, -0.2) is 18.6 Å². The number of carbonyl (C=O) groups excluding carboxylic acids is 1. The number of aromatic nitrogens is 1. The van der Waals surface area contributed by atoms with Crippen LogP contribution >= 0.6 is 11.6 Å². The predicted molar refractivity (Wildman–Crippen MR) is 64.1 cm³/mol. The van der Waals surface area contributed by atoms with Gasteiger partial charge in [0.25, 0.3) is 6.43 Å². The summed E-state index contributed by atoms with van der Waals surface area (Å²) in [5.41, 5.74) is -1.24. The summed E-state index contributed by atoms with van der Waals surface area (Å²) in [6.07, 6.45) is -2.53. The number of pyridine rings is 1. The van der Waals surface area contributed by atoms with Crippen LogP contribution in [0, 0.1) is 0 Å². The number of rotatable bonds is 2. The van der Waals surface area contributed by atoms with E-state index in [4.69, 9.17) is 16.3 Å². The van der Waals surface area contributed by atoms with Crippen LogP contribution in [0.15, 0.2) is 12.3 Å². The molecule has 18 heavy (non-hydrogen) atoms. The van der Waals surface area contributed by atoms with Crippen LogP contribution in [0.3, 0.4) is 0 Å². The fourth-order valence-electron chi connectivity index (χ4n) is 1.14. The van der Waals surface area contributed by atoms with Crippen molar-refractivity contribution in [1.82, 2.24) is 4.98 Å². The van der Waals surface area contributed by atoms with Crippen molar-refractivity contribution in [2.24, 2.45) is 0 Å². The zero-order valence-corrected chi connectivity index (χ0v) is 10.9. The van der Waals surface area contributed by atoms with Crippen LogP contribution < -0.4 is 5.32 Å². The summed E-state index contributed by atoms with van der Waals surface area (Å²) < 4.78 is 30.4. The molecule has 0 bridgehead atoms. The lowest BCUT2D eigenvalue weighted by Crippen LogP contribution is -2.27. The summed E-state index contributed by atoms with van der Waals surface area (Å²) in [5.74, 6) is 0. The van der Waals surface area contributed by atoms with Crippen LogP contribution in [0.5, 0.6) is 0 Å². The zero-order chi connectivity index (χ0) is 13.9. The number of carbonyl (C=O) groups is 1. The number of alkyl halides is 2. The monoisotopic (exact) mass is 278 g/mol. The van der Waals surface area contributed by atoms with Crippen molar-refractivity contribution in [3.63, 3.8) is 0 Å². The van der Waals surface area contributed by atoms with Crippen LogP contribution in [0.1, 0.15) is 32.8 Å². The SMILES string of the molecule is CC(C)(C)OC(=O)Nc1cnc(Cl)cc1C(F)F. The average Bonchev–Trinajstić information content (AvgIpc) is 2.17. The molecule has 1 N–H and O–H groups in total. The van der Waals surface area contributed by atoms with Crippen LogP contribution in [-0.4, -0.2) is 16.7 Å². The Morgan fingerprint density at radius 3 is 2.61 bits per heavy atom. The van der Waals surface area contributed by atoms with E-state index < -0.39 is 23.7 Å². The topological polar surface area (TPSA) is 51.2 Å². The van der Waals surface area contributed by atoms with E-state index in [2.05, 4.69) is 10.3 Å². The molecule has 0 atom stereocenters. The van der Waals surface area contributed by atoms with E-state index in [9.17, 15) is 13.6 Å². The van der Waals surface area contributed by atoms with E-state index in [1.54, 1.807) is 20.8 Å². The molecule has 1 amide bonds. The van der Waals surface area contributed by atoms with Gasteiger partial charge >= 0.3 is 6.09 Å². The molecule has 0 aliphatic rings. The Labute approximate surface area is 108 Å². The van der Waals surface area contributed by atoms with Crippen LogP contribution in [0.2, 0.25) is 5.15 Å². The largest absolute Gasteiger partial charge is 0.444 e. The lowest BCUT2D eigenvalue weighted by Gasteiger charge is -2.20. The molecule has 100 valence electrons. The van der Waals surface area contributed by atoms with Crippen molar-refractivity contribution in [3.05, 3.63) is 23.0 Å². The predicted octanol–water partition coefficient (Wildman–Crippen LogP) is 4.02. The van der Waals surface area contributed by atoms with Crippen molar-refractivity contribution in [2.45, 2.75) is 32.8 Å². The second-order valence-electron chi connectivity index (χ2n) is 4.52. The number of anilines is 1. The van der Waals surface area contributed by atoms with E-state index in [1.807, 2.05) is 0 Å². The molecule has 0 saturated heterocycles. The van der Waals surface area contributed by atoms with E-state index in [0.29, 0.717) is 0 Å². The van der Waals surface area contributed by atoms with Gasteiger partial charge in [0.1, 0.15) is 10.8 Å². The number of hydrogen-bond donors (Lipinski definition) is 1. The smallest absolute Gasteiger partial charge is 0.412 e. The minimum absolute atomic E-state index is 0.0694. The maximum atomic E-state index is 12.7. The Hall–Kier alpha value is -1.43. The highest BCUT2D eigenvalue weighted by atomic mass is 35.5. The van der Waals surface area contributed by atoms with Gasteiger partial charge in [0.05, 0.1) is 11.9 Å². The molecule has 1 rings (SSSR count).